The Morgan fingerprint density at radius 3 is 2.30 bits per heavy atom. The van der Waals surface area contributed by atoms with Crippen molar-refractivity contribution in [2.24, 2.45) is 0 Å². The molecule has 0 bridgehead atoms. The maximum absolute atomic E-state index is 11.0. The molecule has 2 rings (SSSR count). The van der Waals surface area contributed by atoms with Crippen molar-refractivity contribution < 1.29 is 9.53 Å². The maximum Gasteiger partial charge on any atom is 0.308 e. The van der Waals surface area contributed by atoms with Crippen LogP contribution in [0.4, 0.5) is 11.4 Å². The Bertz CT molecular complexity index is 612. The summed E-state index contributed by atoms with van der Waals surface area (Å²) in [6, 6.07) is 12.2. The highest BCUT2D eigenvalue weighted by molar-refractivity contribution is 6.39. The molecular formula is C14H12Cl2N2O2. The van der Waals surface area contributed by atoms with Gasteiger partial charge in [-0.3, -0.25) is 15.6 Å². The van der Waals surface area contributed by atoms with Gasteiger partial charge in [-0.05, 0) is 24.3 Å². The fourth-order valence-electron chi connectivity index (χ4n) is 1.56. The van der Waals surface area contributed by atoms with Crippen molar-refractivity contribution in [2.45, 2.75) is 6.92 Å². The Hall–Kier alpha value is -1.91. The molecule has 6 heteroatoms. The predicted octanol–water partition coefficient (Wildman–Crippen LogP) is 4.36. The van der Waals surface area contributed by atoms with Gasteiger partial charge in [-0.25, -0.2) is 0 Å². The fraction of sp³-hybridized carbons (Fsp3) is 0.0714. The zero-order chi connectivity index (χ0) is 14.5. The molecule has 0 aliphatic rings. The Labute approximate surface area is 126 Å². The van der Waals surface area contributed by atoms with E-state index < -0.39 is 5.97 Å². The first-order valence-corrected chi connectivity index (χ1v) is 6.57. The second-order valence-corrected chi connectivity index (χ2v) is 4.75. The van der Waals surface area contributed by atoms with Crippen LogP contribution in [0.2, 0.25) is 10.0 Å². The molecule has 4 nitrogen and oxygen atoms in total. The van der Waals surface area contributed by atoms with E-state index in [0.717, 1.165) is 0 Å². The summed E-state index contributed by atoms with van der Waals surface area (Å²) in [6.07, 6.45) is 0. The van der Waals surface area contributed by atoms with Crippen LogP contribution in [0.3, 0.4) is 0 Å². The number of esters is 1. The number of nitrogens with one attached hydrogen (secondary N) is 2. The molecule has 0 unspecified atom stereocenters. The zero-order valence-corrected chi connectivity index (χ0v) is 12.1. The molecule has 0 amide bonds. The molecule has 0 heterocycles. The highest BCUT2D eigenvalue weighted by Gasteiger charge is 2.08. The van der Waals surface area contributed by atoms with Crippen molar-refractivity contribution >= 4 is 40.5 Å². The van der Waals surface area contributed by atoms with E-state index in [4.69, 9.17) is 27.9 Å². The highest BCUT2D eigenvalue weighted by atomic mass is 35.5. The molecule has 2 aromatic carbocycles. The zero-order valence-electron chi connectivity index (χ0n) is 10.6. The Morgan fingerprint density at radius 2 is 1.65 bits per heavy atom. The van der Waals surface area contributed by atoms with Crippen LogP contribution < -0.4 is 15.6 Å². The van der Waals surface area contributed by atoms with Crippen LogP contribution in [-0.2, 0) is 4.79 Å². The monoisotopic (exact) mass is 310 g/mol. The van der Waals surface area contributed by atoms with Gasteiger partial charge in [0.25, 0.3) is 0 Å². The van der Waals surface area contributed by atoms with Gasteiger partial charge in [-0.1, -0.05) is 41.4 Å². The average molecular weight is 311 g/mol. The van der Waals surface area contributed by atoms with Crippen LogP contribution in [0.1, 0.15) is 6.92 Å². The molecule has 2 N–H and O–H groups in total. The summed E-state index contributed by atoms with van der Waals surface area (Å²) in [5, 5.41) is 0.963. The number of hydrogen-bond donors (Lipinski definition) is 2. The first-order chi connectivity index (χ1) is 9.58. The molecule has 0 spiro atoms. The van der Waals surface area contributed by atoms with Crippen LogP contribution >= 0.6 is 23.2 Å². The van der Waals surface area contributed by atoms with Gasteiger partial charge in [0, 0.05) is 6.92 Å². The summed E-state index contributed by atoms with van der Waals surface area (Å²) in [5.41, 5.74) is 6.97. The molecule has 0 radical (unpaired) electrons. The predicted molar refractivity (Wildman–Crippen MR) is 81.5 cm³/mol. The molecule has 0 saturated heterocycles. The summed E-state index contributed by atoms with van der Waals surface area (Å²) in [6.45, 7) is 1.34. The number of rotatable bonds is 4. The van der Waals surface area contributed by atoms with Crippen molar-refractivity contribution in [3.8, 4) is 5.75 Å². The van der Waals surface area contributed by atoms with Crippen molar-refractivity contribution in [1.82, 2.24) is 0 Å². The number of anilines is 2. The minimum atomic E-state index is -0.393. The molecule has 2 aromatic rings. The average Bonchev–Trinajstić information content (AvgIpc) is 2.39. The standard InChI is InChI=1S/C14H12Cl2N2O2/c1-9(19)20-13-8-3-2-7-12(13)17-18-14-10(15)5-4-6-11(14)16/h2-8,17-18H,1H3. The molecule has 20 heavy (non-hydrogen) atoms. The van der Waals surface area contributed by atoms with Crippen molar-refractivity contribution in [3.05, 3.63) is 52.5 Å². The molecule has 0 aliphatic carbocycles. The molecule has 0 saturated carbocycles. The second-order valence-electron chi connectivity index (χ2n) is 3.94. The van der Waals surface area contributed by atoms with E-state index in [1.165, 1.54) is 6.92 Å². The number of carbonyl (C=O) groups excluding carboxylic acids is 1. The lowest BCUT2D eigenvalue weighted by atomic mass is 10.3. The lowest BCUT2D eigenvalue weighted by Gasteiger charge is -2.14. The van der Waals surface area contributed by atoms with E-state index in [2.05, 4.69) is 10.9 Å². The number of hydrazine groups is 1. The third-order valence-electron chi connectivity index (χ3n) is 2.43. The SMILES string of the molecule is CC(=O)Oc1ccccc1NNc1c(Cl)cccc1Cl. The maximum atomic E-state index is 11.0. The number of carbonyl (C=O) groups is 1. The molecule has 0 aromatic heterocycles. The third kappa shape index (κ3) is 3.56. The quantitative estimate of drug-likeness (QED) is 0.500. The first-order valence-electron chi connectivity index (χ1n) is 5.81. The highest BCUT2D eigenvalue weighted by Crippen LogP contribution is 2.31. The van der Waals surface area contributed by atoms with Gasteiger partial charge in [-0.2, -0.15) is 0 Å². The van der Waals surface area contributed by atoms with Gasteiger partial charge in [0.15, 0.2) is 5.75 Å². The minimum Gasteiger partial charge on any atom is -0.424 e. The Morgan fingerprint density at radius 1 is 1.00 bits per heavy atom. The van der Waals surface area contributed by atoms with E-state index in [-0.39, 0.29) is 0 Å². The van der Waals surface area contributed by atoms with Gasteiger partial charge in [0.1, 0.15) is 0 Å². The van der Waals surface area contributed by atoms with Crippen molar-refractivity contribution in [2.75, 3.05) is 10.9 Å². The molecule has 0 atom stereocenters. The van der Waals surface area contributed by atoms with Crippen LogP contribution in [-0.4, -0.2) is 5.97 Å². The summed E-state index contributed by atoms with van der Waals surface area (Å²) >= 11 is 12.1. The second kappa shape index (κ2) is 6.50. The van der Waals surface area contributed by atoms with Crippen LogP contribution in [0.25, 0.3) is 0 Å². The van der Waals surface area contributed by atoms with Gasteiger partial charge in [0.2, 0.25) is 0 Å². The molecule has 104 valence electrons. The minimum absolute atomic E-state index is 0.393. The number of ether oxygens (including phenoxy) is 1. The van der Waals surface area contributed by atoms with Gasteiger partial charge in [-0.15, -0.1) is 0 Å². The Kier molecular flexibility index (Phi) is 4.71. The number of para-hydroxylation sites is 3. The fourth-order valence-corrected chi connectivity index (χ4v) is 2.05. The Balaban J connectivity index is 2.17. The largest absolute Gasteiger partial charge is 0.424 e. The summed E-state index contributed by atoms with van der Waals surface area (Å²) in [4.78, 5) is 11.0. The van der Waals surface area contributed by atoms with Crippen LogP contribution in [0, 0.1) is 0 Å². The van der Waals surface area contributed by atoms with Crippen molar-refractivity contribution in [3.63, 3.8) is 0 Å². The lowest BCUT2D eigenvalue weighted by molar-refractivity contribution is -0.131. The van der Waals surface area contributed by atoms with E-state index in [9.17, 15) is 4.79 Å². The number of hydrogen-bond acceptors (Lipinski definition) is 4. The smallest absolute Gasteiger partial charge is 0.308 e. The summed E-state index contributed by atoms with van der Waals surface area (Å²) in [5.74, 6) is 0.0192. The summed E-state index contributed by atoms with van der Waals surface area (Å²) in [7, 11) is 0. The lowest BCUT2D eigenvalue weighted by Crippen LogP contribution is -2.12. The summed E-state index contributed by atoms with van der Waals surface area (Å²) < 4.78 is 5.09. The third-order valence-corrected chi connectivity index (χ3v) is 3.06. The van der Waals surface area contributed by atoms with E-state index in [0.29, 0.717) is 27.2 Å². The van der Waals surface area contributed by atoms with Crippen molar-refractivity contribution in [1.29, 1.82) is 0 Å². The number of benzene rings is 2. The topological polar surface area (TPSA) is 50.4 Å². The molecule has 0 aliphatic heterocycles. The van der Waals surface area contributed by atoms with Crippen LogP contribution in [0.5, 0.6) is 5.75 Å². The van der Waals surface area contributed by atoms with E-state index in [1.54, 1.807) is 36.4 Å². The van der Waals surface area contributed by atoms with Gasteiger partial charge >= 0.3 is 5.97 Å². The molecular weight excluding hydrogens is 299 g/mol. The van der Waals surface area contributed by atoms with Gasteiger partial charge < -0.3 is 4.74 Å². The first kappa shape index (κ1) is 14.5. The normalized spacial score (nSPS) is 9.95. The number of halogens is 2. The van der Waals surface area contributed by atoms with Crippen LogP contribution in [0.15, 0.2) is 42.5 Å². The molecule has 0 fully saturated rings. The van der Waals surface area contributed by atoms with E-state index in [1.807, 2.05) is 6.07 Å². The van der Waals surface area contributed by atoms with Gasteiger partial charge in [0.05, 0.1) is 21.4 Å². The van der Waals surface area contributed by atoms with E-state index >= 15 is 0 Å².